The second-order valence-electron chi connectivity index (χ2n) is 10.2. The van der Waals surface area contributed by atoms with Crippen LogP contribution in [0.25, 0.3) is 5.65 Å². The number of ether oxygens (including phenoxy) is 2. The van der Waals surface area contributed by atoms with Crippen molar-refractivity contribution in [3.8, 4) is 0 Å². The van der Waals surface area contributed by atoms with Gasteiger partial charge in [0.2, 0.25) is 11.9 Å². The van der Waals surface area contributed by atoms with E-state index in [9.17, 15) is 4.79 Å². The molecule has 1 atom stereocenters. The molecule has 0 bridgehead atoms. The molecule has 0 aromatic carbocycles. The number of rotatable bonds is 7. The maximum absolute atomic E-state index is 12.5. The van der Waals surface area contributed by atoms with Crippen LogP contribution in [0.4, 0.5) is 16.7 Å². The normalized spacial score (nSPS) is 22.1. The Morgan fingerprint density at radius 3 is 2.71 bits per heavy atom. The standard InChI is InChI=1S/C24H38N8O3/c1-16(2)20-15-27-32-21(20)29-22(28-18-6-11-34-12-7-18)30-23(32)26-13-17-4-9-31(10-5-17)24(33)35-19-3-8-25-14-19/h15-19,25H,3-14H2,1-2H3,(H2,26,28,29,30). The van der Waals surface area contributed by atoms with Crippen molar-refractivity contribution in [1.29, 1.82) is 0 Å². The summed E-state index contributed by atoms with van der Waals surface area (Å²) in [6, 6.07) is 0.313. The highest BCUT2D eigenvalue weighted by Crippen LogP contribution is 2.24. The molecule has 5 heterocycles. The zero-order valence-electron chi connectivity index (χ0n) is 20.8. The highest BCUT2D eigenvalue weighted by molar-refractivity contribution is 5.68. The Labute approximate surface area is 206 Å². The van der Waals surface area contributed by atoms with Crippen molar-refractivity contribution in [2.75, 3.05) is 56.6 Å². The summed E-state index contributed by atoms with van der Waals surface area (Å²) in [6.45, 7) is 9.73. The van der Waals surface area contributed by atoms with Crippen molar-refractivity contribution in [2.45, 2.75) is 64.0 Å². The van der Waals surface area contributed by atoms with Gasteiger partial charge in [0, 0.05) is 51.0 Å². The molecule has 0 aliphatic carbocycles. The van der Waals surface area contributed by atoms with Gasteiger partial charge in [0.25, 0.3) is 0 Å². The van der Waals surface area contributed by atoms with E-state index in [1.54, 1.807) is 0 Å². The van der Waals surface area contributed by atoms with Gasteiger partial charge in [-0.05, 0) is 50.5 Å². The minimum Gasteiger partial charge on any atom is -0.445 e. The van der Waals surface area contributed by atoms with Gasteiger partial charge in [0.15, 0.2) is 5.65 Å². The summed E-state index contributed by atoms with van der Waals surface area (Å²) >= 11 is 0. The predicted octanol–water partition coefficient (Wildman–Crippen LogP) is 2.46. The van der Waals surface area contributed by atoms with Gasteiger partial charge in [-0.15, -0.1) is 0 Å². The number of likely N-dealkylation sites (tertiary alicyclic amines) is 1. The van der Waals surface area contributed by atoms with Crippen molar-refractivity contribution in [3.63, 3.8) is 0 Å². The zero-order valence-corrected chi connectivity index (χ0v) is 20.8. The Bertz CT molecular complexity index is 992. The van der Waals surface area contributed by atoms with Crippen molar-refractivity contribution in [3.05, 3.63) is 11.8 Å². The van der Waals surface area contributed by atoms with Gasteiger partial charge < -0.3 is 30.3 Å². The molecule has 1 amide bonds. The van der Waals surface area contributed by atoms with Crippen LogP contribution in [0, 0.1) is 5.92 Å². The lowest BCUT2D eigenvalue weighted by Crippen LogP contribution is -2.41. The second-order valence-corrected chi connectivity index (χ2v) is 10.2. The lowest BCUT2D eigenvalue weighted by Gasteiger charge is -2.32. The van der Waals surface area contributed by atoms with E-state index in [4.69, 9.17) is 19.4 Å². The van der Waals surface area contributed by atoms with E-state index in [1.807, 2.05) is 15.6 Å². The number of carbonyl (C=O) groups excluding carboxylic acids is 1. The number of nitrogens with one attached hydrogen (secondary N) is 3. The third kappa shape index (κ3) is 5.78. The molecule has 5 rings (SSSR count). The maximum atomic E-state index is 12.5. The average molecular weight is 487 g/mol. The number of piperidine rings is 1. The number of anilines is 2. The third-order valence-corrected chi connectivity index (χ3v) is 7.28. The van der Waals surface area contributed by atoms with Gasteiger partial charge in [-0.3, -0.25) is 0 Å². The van der Waals surface area contributed by atoms with Crippen LogP contribution in [0.5, 0.6) is 0 Å². The van der Waals surface area contributed by atoms with Crippen LogP contribution in [-0.2, 0) is 9.47 Å². The summed E-state index contributed by atoms with van der Waals surface area (Å²) in [4.78, 5) is 23.9. The number of aromatic nitrogens is 4. The van der Waals surface area contributed by atoms with E-state index in [0.29, 0.717) is 29.8 Å². The average Bonchev–Trinajstić information content (AvgIpc) is 3.53. The van der Waals surface area contributed by atoms with Gasteiger partial charge in [-0.25, -0.2) is 4.79 Å². The molecule has 3 aliphatic heterocycles. The minimum atomic E-state index is -0.177. The van der Waals surface area contributed by atoms with Gasteiger partial charge in [-0.2, -0.15) is 19.6 Å². The van der Waals surface area contributed by atoms with E-state index in [-0.39, 0.29) is 12.2 Å². The summed E-state index contributed by atoms with van der Waals surface area (Å²) in [6.07, 6.45) is 6.39. The number of carbonyl (C=O) groups is 1. The van der Waals surface area contributed by atoms with E-state index >= 15 is 0 Å². The summed E-state index contributed by atoms with van der Waals surface area (Å²) < 4.78 is 12.9. The highest BCUT2D eigenvalue weighted by Gasteiger charge is 2.27. The molecule has 2 aromatic rings. The number of nitrogens with zero attached hydrogens (tertiary/aromatic N) is 5. The first kappa shape index (κ1) is 24.1. The van der Waals surface area contributed by atoms with Crippen LogP contribution in [0.2, 0.25) is 0 Å². The SMILES string of the molecule is CC(C)c1cnn2c(NCC3CCN(C(=O)OC4CCNC4)CC3)nc(NC3CCOCC3)nc12. The van der Waals surface area contributed by atoms with Gasteiger partial charge in [-0.1, -0.05) is 13.8 Å². The van der Waals surface area contributed by atoms with Crippen LogP contribution < -0.4 is 16.0 Å². The first-order valence-electron chi connectivity index (χ1n) is 13.1. The predicted molar refractivity (Wildman–Crippen MR) is 133 cm³/mol. The molecule has 1 unspecified atom stereocenters. The fourth-order valence-electron chi connectivity index (χ4n) is 5.01. The summed E-state index contributed by atoms with van der Waals surface area (Å²) in [5.41, 5.74) is 1.95. The Balaban J connectivity index is 1.21. The van der Waals surface area contributed by atoms with Crippen LogP contribution in [0.1, 0.15) is 57.4 Å². The lowest BCUT2D eigenvalue weighted by molar-refractivity contribution is 0.0604. The lowest BCUT2D eigenvalue weighted by atomic mass is 9.97. The van der Waals surface area contributed by atoms with Crippen LogP contribution >= 0.6 is 0 Å². The molecule has 11 heteroatoms. The number of fused-ring (bicyclic) bond motifs is 1. The quantitative estimate of drug-likeness (QED) is 0.542. The molecule has 3 aliphatic rings. The van der Waals surface area contributed by atoms with Gasteiger partial charge >= 0.3 is 6.09 Å². The molecule has 3 N–H and O–H groups in total. The van der Waals surface area contributed by atoms with Crippen molar-refractivity contribution in [2.24, 2.45) is 5.92 Å². The topological polar surface area (TPSA) is 118 Å². The summed E-state index contributed by atoms with van der Waals surface area (Å²) in [5, 5.41) is 14.9. The molecule has 3 fully saturated rings. The summed E-state index contributed by atoms with van der Waals surface area (Å²) in [7, 11) is 0. The van der Waals surface area contributed by atoms with E-state index in [1.165, 1.54) is 0 Å². The van der Waals surface area contributed by atoms with Crippen LogP contribution in [0.3, 0.4) is 0 Å². The zero-order chi connectivity index (χ0) is 24.2. The molecule has 0 radical (unpaired) electrons. The van der Waals surface area contributed by atoms with Gasteiger partial charge in [0.05, 0.1) is 6.20 Å². The van der Waals surface area contributed by atoms with Crippen molar-refractivity contribution in [1.82, 2.24) is 29.8 Å². The molecule has 3 saturated heterocycles. The largest absolute Gasteiger partial charge is 0.445 e. The Morgan fingerprint density at radius 1 is 1.20 bits per heavy atom. The van der Waals surface area contributed by atoms with E-state index in [2.05, 4.69) is 34.9 Å². The molecular weight excluding hydrogens is 448 g/mol. The van der Waals surface area contributed by atoms with E-state index < -0.39 is 0 Å². The van der Waals surface area contributed by atoms with Crippen LogP contribution in [-0.4, -0.2) is 88.7 Å². The maximum Gasteiger partial charge on any atom is 0.410 e. The van der Waals surface area contributed by atoms with Gasteiger partial charge in [0.1, 0.15) is 6.10 Å². The molecule has 35 heavy (non-hydrogen) atoms. The number of amides is 1. The monoisotopic (exact) mass is 486 g/mol. The number of hydrogen-bond donors (Lipinski definition) is 3. The Kier molecular flexibility index (Phi) is 7.52. The molecule has 0 spiro atoms. The second kappa shape index (κ2) is 10.9. The third-order valence-electron chi connectivity index (χ3n) is 7.28. The molecule has 11 nitrogen and oxygen atoms in total. The van der Waals surface area contributed by atoms with E-state index in [0.717, 1.165) is 89.3 Å². The first-order valence-corrected chi connectivity index (χ1v) is 13.1. The molecule has 192 valence electrons. The Morgan fingerprint density at radius 2 is 2.00 bits per heavy atom. The first-order chi connectivity index (χ1) is 17.1. The van der Waals surface area contributed by atoms with Crippen molar-refractivity contribution < 1.29 is 14.3 Å². The highest BCUT2D eigenvalue weighted by atomic mass is 16.6. The van der Waals surface area contributed by atoms with Crippen molar-refractivity contribution >= 4 is 23.6 Å². The Hall–Kier alpha value is -2.66. The fraction of sp³-hybridized carbons (Fsp3) is 0.750. The fourth-order valence-corrected chi connectivity index (χ4v) is 5.01. The van der Waals surface area contributed by atoms with Crippen LogP contribution in [0.15, 0.2) is 6.20 Å². The smallest absolute Gasteiger partial charge is 0.410 e. The minimum absolute atomic E-state index is 0.0100. The molecule has 0 saturated carbocycles. The molecular formula is C24H38N8O3. The number of hydrogen-bond acceptors (Lipinski definition) is 9. The molecule has 2 aromatic heterocycles. The summed E-state index contributed by atoms with van der Waals surface area (Å²) in [5.74, 6) is 2.10.